The number of pyridine rings is 1. The average Bonchev–Trinajstić information content (AvgIpc) is 3.70. The van der Waals surface area contributed by atoms with Crippen LogP contribution in [0, 0.1) is 12.8 Å². The van der Waals surface area contributed by atoms with Gasteiger partial charge in [-0.2, -0.15) is 5.10 Å². The number of aromatic amines is 1. The fourth-order valence-corrected chi connectivity index (χ4v) is 5.23. The number of hydrogen-bond donors (Lipinski definition) is 3. The van der Waals surface area contributed by atoms with E-state index in [1.165, 1.54) is 30.3 Å². The van der Waals surface area contributed by atoms with Gasteiger partial charge in [-0.3, -0.25) is 19.6 Å². The molecule has 42 heavy (non-hydrogen) atoms. The van der Waals surface area contributed by atoms with Crippen molar-refractivity contribution in [2.75, 3.05) is 25.0 Å². The number of alkyl halides is 1. The quantitative estimate of drug-likeness (QED) is 0.229. The number of benzene rings is 1. The van der Waals surface area contributed by atoms with Gasteiger partial charge in [0.15, 0.2) is 0 Å². The van der Waals surface area contributed by atoms with Gasteiger partial charge < -0.3 is 11.5 Å². The van der Waals surface area contributed by atoms with Gasteiger partial charge in [0.2, 0.25) is 5.91 Å². The Morgan fingerprint density at radius 3 is 2.43 bits per heavy atom. The lowest BCUT2D eigenvalue weighted by atomic mass is 9.84. The second-order valence-corrected chi connectivity index (χ2v) is 11.5. The molecule has 5 rings (SSSR count). The van der Waals surface area contributed by atoms with Crippen LogP contribution in [0.4, 0.5) is 10.2 Å². The first kappa shape index (κ1) is 32.8. The lowest BCUT2D eigenvalue weighted by Gasteiger charge is -2.27. The van der Waals surface area contributed by atoms with Crippen molar-refractivity contribution in [2.45, 2.75) is 71.4 Å². The molecule has 1 amide bonds. The fraction of sp³-hybridized carbons (Fsp3) is 0.455. The highest BCUT2D eigenvalue weighted by Crippen LogP contribution is 2.38. The highest BCUT2D eigenvalue weighted by Gasteiger charge is 2.25. The van der Waals surface area contributed by atoms with E-state index in [1.807, 2.05) is 37.3 Å². The van der Waals surface area contributed by atoms with Crippen LogP contribution in [0.2, 0.25) is 0 Å². The predicted molar refractivity (Wildman–Crippen MR) is 171 cm³/mol. The molecule has 8 nitrogen and oxygen atoms in total. The maximum absolute atomic E-state index is 13.2. The molecule has 3 aromatic rings. The number of Topliss-reactive ketones (excluding diaryl/α,β-unsaturated/α-hetero) is 1. The number of carbonyl (C=O) groups excluding carboxylic acids is 2. The first-order valence-electron chi connectivity index (χ1n) is 14.6. The number of halogens is 1. The Bertz CT molecular complexity index is 1340. The second-order valence-electron chi connectivity index (χ2n) is 11.5. The topological polar surface area (TPSA) is 126 Å². The van der Waals surface area contributed by atoms with Gasteiger partial charge in [-0.15, -0.1) is 0 Å². The molecule has 3 heterocycles. The van der Waals surface area contributed by atoms with Gasteiger partial charge >= 0.3 is 0 Å². The Morgan fingerprint density at radius 1 is 1.12 bits per heavy atom. The molecule has 2 aromatic heterocycles. The zero-order chi connectivity index (χ0) is 29.4. The third-order valence-electron chi connectivity index (χ3n) is 7.57. The lowest BCUT2D eigenvalue weighted by Crippen LogP contribution is -2.34. The number of rotatable bonds is 9. The van der Waals surface area contributed by atoms with Crippen molar-refractivity contribution >= 4 is 17.5 Å². The smallest absolute Gasteiger partial charge is 0.249 e. The second kappa shape index (κ2) is 15.5. The van der Waals surface area contributed by atoms with Crippen LogP contribution in [0.15, 0.2) is 60.8 Å². The Hall–Kier alpha value is -3.69. The molecule has 1 saturated heterocycles. The number of aromatic nitrogens is 3. The maximum atomic E-state index is 13.2. The number of hydrogen-bond acceptors (Lipinski definition) is 6. The molecule has 0 radical (unpaired) electrons. The van der Waals surface area contributed by atoms with Crippen LogP contribution >= 0.6 is 0 Å². The summed E-state index contributed by atoms with van der Waals surface area (Å²) in [6.45, 7) is 9.87. The molecule has 2 aliphatic rings. The number of aryl methyl sites for hydroxylation is 1. The van der Waals surface area contributed by atoms with Gasteiger partial charge in [0.25, 0.3) is 0 Å². The molecule has 0 bridgehead atoms. The summed E-state index contributed by atoms with van der Waals surface area (Å²) in [5, 5.41) is 9.86. The van der Waals surface area contributed by atoms with Crippen molar-refractivity contribution in [3.8, 4) is 11.1 Å². The number of ketones is 1. The van der Waals surface area contributed by atoms with Crippen LogP contribution in [0.5, 0.6) is 0 Å². The van der Waals surface area contributed by atoms with Gasteiger partial charge in [0.05, 0.1) is 5.69 Å². The van der Waals surface area contributed by atoms with Crippen molar-refractivity contribution in [2.24, 2.45) is 5.92 Å². The van der Waals surface area contributed by atoms with Crippen LogP contribution in [-0.4, -0.2) is 57.6 Å². The SMILES string of the molecule is CC(=O)C(c1cccc(-c2ccc(NC(=O)/C=C/CN3CCC(F)CC3)nc2)c1)C(C)C.Cc1cc(C2CC2)n[nH]1.N.[HH].[HH]. The molecule has 1 atom stereocenters. The molecule has 1 aromatic carbocycles. The summed E-state index contributed by atoms with van der Waals surface area (Å²) >= 11 is 0. The number of carbonyl (C=O) groups is 2. The zero-order valence-electron chi connectivity index (χ0n) is 25.3. The average molecular weight is 581 g/mol. The number of H-pyrrole nitrogens is 1. The minimum atomic E-state index is -0.694. The van der Waals surface area contributed by atoms with Gasteiger partial charge in [0, 0.05) is 57.9 Å². The molecule has 1 saturated carbocycles. The minimum Gasteiger partial charge on any atom is -0.344 e. The van der Waals surface area contributed by atoms with Crippen molar-refractivity contribution < 1.29 is 16.8 Å². The van der Waals surface area contributed by atoms with E-state index in [-0.39, 0.29) is 32.5 Å². The van der Waals surface area contributed by atoms with E-state index in [0.29, 0.717) is 25.2 Å². The van der Waals surface area contributed by atoms with Crippen LogP contribution in [0.25, 0.3) is 11.1 Å². The first-order chi connectivity index (χ1) is 19.7. The molecule has 2 fully saturated rings. The van der Waals surface area contributed by atoms with E-state index in [1.54, 1.807) is 25.3 Å². The van der Waals surface area contributed by atoms with Crippen LogP contribution in [0.3, 0.4) is 0 Å². The Labute approximate surface area is 251 Å². The van der Waals surface area contributed by atoms with E-state index < -0.39 is 6.17 Å². The predicted octanol–water partition coefficient (Wildman–Crippen LogP) is 7.26. The molecule has 1 aliphatic carbocycles. The van der Waals surface area contributed by atoms with Gasteiger partial charge in [-0.1, -0.05) is 44.2 Å². The number of nitrogens with zero attached hydrogens (tertiary/aromatic N) is 3. The Balaban J connectivity index is 0.000000686. The van der Waals surface area contributed by atoms with Crippen LogP contribution < -0.4 is 11.5 Å². The van der Waals surface area contributed by atoms with Crippen molar-refractivity contribution in [3.63, 3.8) is 0 Å². The fourth-order valence-electron chi connectivity index (χ4n) is 5.23. The van der Waals surface area contributed by atoms with Gasteiger partial charge in [-0.05, 0) is 74.8 Å². The summed E-state index contributed by atoms with van der Waals surface area (Å²) in [6.07, 6.45) is 8.12. The summed E-state index contributed by atoms with van der Waals surface area (Å²) in [5.41, 5.74) is 5.34. The number of nitrogens with one attached hydrogen (secondary N) is 2. The third kappa shape index (κ3) is 9.70. The lowest BCUT2D eigenvalue weighted by molar-refractivity contribution is -0.119. The Kier molecular flexibility index (Phi) is 12.1. The van der Waals surface area contributed by atoms with Crippen LogP contribution in [0.1, 0.15) is 78.1 Å². The number of amides is 1. The molecule has 230 valence electrons. The maximum Gasteiger partial charge on any atom is 0.249 e. The van der Waals surface area contributed by atoms with E-state index >= 15 is 0 Å². The van der Waals surface area contributed by atoms with Crippen molar-refractivity contribution in [3.05, 3.63) is 77.8 Å². The number of anilines is 1. The molecule has 9 heteroatoms. The largest absolute Gasteiger partial charge is 0.344 e. The van der Waals surface area contributed by atoms with Gasteiger partial charge in [-0.25, -0.2) is 9.37 Å². The van der Waals surface area contributed by atoms with Crippen LogP contribution in [-0.2, 0) is 9.59 Å². The molecule has 0 spiro atoms. The molecular weight excluding hydrogens is 531 g/mol. The summed E-state index contributed by atoms with van der Waals surface area (Å²) < 4.78 is 13.2. The summed E-state index contributed by atoms with van der Waals surface area (Å²) in [4.78, 5) is 30.7. The zero-order valence-corrected chi connectivity index (χ0v) is 25.3. The van der Waals surface area contributed by atoms with Crippen molar-refractivity contribution in [1.82, 2.24) is 26.2 Å². The summed E-state index contributed by atoms with van der Waals surface area (Å²) in [6, 6.07) is 13.8. The highest BCUT2D eigenvalue weighted by atomic mass is 19.1. The summed E-state index contributed by atoms with van der Waals surface area (Å²) in [5.74, 6) is 1.28. The highest BCUT2D eigenvalue weighted by molar-refractivity contribution is 5.98. The minimum absolute atomic E-state index is 0. The standard InChI is InChI=1S/C26H32FN3O2.C7H10N2.H3N.2H2/c1-18(2)26(19(3)31)21-7-4-6-20(16-21)22-9-10-24(28-17-22)29-25(32)8-5-13-30-14-11-23(27)12-15-30;1-5-4-7(9-8-5)6-2-3-6;;;/h4-10,16-18,23,26H,11-15H2,1-3H3,(H,28,29,32);4,6H,2-3H2,1H3,(H,8,9);1H3;2*1H/b8-5+;;;;. The first-order valence-corrected chi connectivity index (χ1v) is 14.6. The normalized spacial score (nSPS) is 16.4. The van der Waals surface area contributed by atoms with Crippen molar-refractivity contribution in [1.29, 1.82) is 0 Å². The van der Waals surface area contributed by atoms with Gasteiger partial charge in [0.1, 0.15) is 17.8 Å². The summed E-state index contributed by atoms with van der Waals surface area (Å²) in [7, 11) is 0. The van der Waals surface area contributed by atoms with E-state index in [2.05, 4.69) is 45.3 Å². The van der Waals surface area contributed by atoms with E-state index in [9.17, 15) is 14.0 Å². The third-order valence-corrected chi connectivity index (χ3v) is 7.57. The monoisotopic (exact) mass is 580 g/mol. The van der Waals surface area contributed by atoms with E-state index in [0.717, 1.165) is 35.7 Å². The molecule has 1 aliphatic heterocycles. The number of piperidine rings is 1. The molecular formula is C33H49FN6O2. The molecule has 1 unspecified atom stereocenters. The Morgan fingerprint density at radius 2 is 1.86 bits per heavy atom. The number of likely N-dealkylation sites (tertiary alicyclic amines) is 1. The van der Waals surface area contributed by atoms with E-state index in [4.69, 9.17) is 0 Å². The molecule has 5 N–H and O–H groups in total.